The van der Waals surface area contributed by atoms with Crippen LogP contribution in [0.4, 0.5) is 0 Å². The van der Waals surface area contributed by atoms with E-state index in [9.17, 15) is 4.79 Å². The number of halogens is 1. The first-order chi connectivity index (χ1) is 10.1. The fraction of sp³-hybridized carbons (Fsp3) is 0.125. The van der Waals surface area contributed by atoms with Crippen LogP contribution in [0.5, 0.6) is 5.75 Å². The molecular formula is C16H13ClN2O2. The highest BCUT2D eigenvalue weighted by Crippen LogP contribution is 2.18. The summed E-state index contributed by atoms with van der Waals surface area (Å²) in [6.07, 6.45) is 0. The second-order valence-electron chi connectivity index (χ2n) is 4.69. The number of rotatable bonds is 3. The molecule has 1 aromatic carbocycles. The molecule has 2 aromatic heterocycles. The van der Waals surface area contributed by atoms with Gasteiger partial charge in [-0.15, -0.1) is 0 Å². The Labute approximate surface area is 126 Å². The van der Waals surface area contributed by atoms with Crippen LogP contribution < -0.4 is 10.3 Å². The average molecular weight is 301 g/mol. The van der Waals surface area contributed by atoms with Crippen molar-refractivity contribution in [3.05, 3.63) is 75.3 Å². The summed E-state index contributed by atoms with van der Waals surface area (Å²) in [4.78, 5) is 16.6. The van der Waals surface area contributed by atoms with Gasteiger partial charge in [-0.1, -0.05) is 23.7 Å². The van der Waals surface area contributed by atoms with Crippen LogP contribution in [-0.4, -0.2) is 9.38 Å². The van der Waals surface area contributed by atoms with Crippen LogP contribution in [0.3, 0.4) is 0 Å². The molecule has 0 saturated carbocycles. The molecule has 0 aliphatic rings. The van der Waals surface area contributed by atoms with E-state index in [1.54, 1.807) is 22.6 Å². The van der Waals surface area contributed by atoms with E-state index in [4.69, 9.17) is 16.3 Å². The topological polar surface area (TPSA) is 43.6 Å². The molecule has 5 heteroatoms. The lowest BCUT2D eigenvalue weighted by molar-refractivity contribution is 0.301. The summed E-state index contributed by atoms with van der Waals surface area (Å²) in [6.45, 7) is 2.10. The van der Waals surface area contributed by atoms with Crippen molar-refractivity contribution in [3.63, 3.8) is 0 Å². The van der Waals surface area contributed by atoms with Gasteiger partial charge in [0.25, 0.3) is 5.56 Å². The van der Waals surface area contributed by atoms with E-state index in [1.807, 2.05) is 31.2 Å². The van der Waals surface area contributed by atoms with Crippen LogP contribution in [0.2, 0.25) is 5.02 Å². The zero-order valence-electron chi connectivity index (χ0n) is 11.4. The Morgan fingerprint density at radius 3 is 2.81 bits per heavy atom. The number of ether oxygens (including phenoxy) is 1. The quantitative estimate of drug-likeness (QED) is 0.746. The Bertz CT molecular complexity index is 858. The van der Waals surface area contributed by atoms with Gasteiger partial charge in [-0.2, -0.15) is 0 Å². The predicted molar refractivity (Wildman–Crippen MR) is 82.0 cm³/mol. The number of benzene rings is 1. The molecule has 0 atom stereocenters. The summed E-state index contributed by atoms with van der Waals surface area (Å²) in [5, 5.41) is 0.606. The summed E-state index contributed by atoms with van der Waals surface area (Å²) in [5.41, 5.74) is 1.95. The molecule has 0 N–H and O–H groups in total. The lowest BCUT2D eigenvalue weighted by Gasteiger charge is -2.08. The molecule has 4 nitrogen and oxygen atoms in total. The van der Waals surface area contributed by atoms with Gasteiger partial charge in [-0.3, -0.25) is 9.20 Å². The van der Waals surface area contributed by atoms with E-state index >= 15 is 0 Å². The first-order valence-corrected chi connectivity index (χ1v) is 6.88. The SMILES string of the molecule is Cc1cccc2nc(COc3cccc(Cl)c3)cc(=O)n12. The van der Waals surface area contributed by atoms with E-state index in [2.05, 4.69) is 4.98 Å². The third-order valence-corrected chi connectivity index (χ3v) is 3.35. The molecule has 0 aliphatic carbocycles. The smallest absolute Gasteiger partial charge is 0.258 e. The predicted octanol–water partition coefficient (Wildman–Crippen LogP) is 3.24. The summed E-state index contributed by atoms with van der Waals surface area (Å²) in [6, 6.07) is 14.2. The van der Waals surface area contributed by atoms with E-state index in [0.29, 0.717) is 22.1 Å². The lowest BCUT2D eigenvalue weighted by Crippen LogP contribution is -2.18. The van der Waals surface area contributed by atoms with Gasteiger partial charge in [0.1, 0.15) is 18.0 Å². The van der Waals surface area contributed by atoms with Crippen LogP contribution in [-0.2, 0) is 6.61 Å². The van der Waals surface area contributed by atoms with Crippen molar-refractivity contribution in [1.29, 1.82) is 0 Å². The maximum absolute atomic E-state index is 12.1. The molecule has 21 heavy (non-hydrogen) atoms. The summed E-state index contributed by atoms with van der Waals surface area (Å²) >= 11 is 5.90. The highest BCUT2D eigenvalue weighted by molar-refractivity contribution is 6.30. The summed E-state index contributed by atoms with van der Waals surface area (Å²) in [7, 11) is 0. The van der Waals surface area contributed by atoms with E-state index in [-0.39, 0.29) is 12.2 Å². The van der Waals surface area contributed by atoms with E-state index < -0.39 is 0 Å². The summed E-state index contributed by atoms with van der Waals surface area (Å²) in [5.74, 6) is 0.647. The standard InChI is InChI=1S/C16H13ClN2O2/c1-11-4-2-7-15-18-13(9-16(20)19(11)15)10-21-14-6-3-5-12(17)8-14/h2-9H,10H2,1H3. The van der Waals surface area contributed by atoms with Crippen molar-refractivity contribution >= 4 is 17.2 Å². The molecule has 0 aliphatic heterocycles. The molecule has 2 heterocycles. The minimum absolute atomic E-state index is 0.109. The fourth-order valence-corrected chi connectivity index (χ4v) is 2.33. The first kappa shape index (κ1) is 13.6. The van der Waals surface area contributed by atoms with Crippen molar-refractivity contribution in [2.75, 3.05) is 0 Å². The minimum Gasteiger partial charge on any atom is -0.487 e. The highest BCUT2D eigenvalue weighted by atomic mass is 35.5. The van der Waals surface area contributed by atoms with E-state index in [0.717, 1.165) is 5.69 Å². The Kier molecular flexibility index (Phi) is 3.62. The average Bonchev–Trinajstić information content (AvgIpc) is 2.45. The molecule has 0 unspecified atom stereocenters. The van der Waals surface area contributed by atoms with Gasteiger partial charge < -0.3 is 4.74 Å². The molecule has 0 spiro atoms. The van der Waals surface area contributed by atoms with Crippen LogP contribution >= 0.6 is 11.6 Å². The van der Waals surface area contributed by atoms with Gasteiger partial charge in [0.2, 0.25) is 0 Å². The molecule has 3 aromatic rings. The van der Waals surface area contributed by atoms with Crippen LogP contribution in [0.1, 0.15) is 11.4 Å². The molecular weight excluding hydrogens is 288 g/mol. The molecule has 3 rings (SSSR count). The Balaban J connectivity index is 1.90. The third-order valence-electron chi connectivity index (χ3n) is 3.12. The van der Waals surface area contributed by atoms with Gasteiger partial charge in [-0.25, -0.2) is 4.98 Å². The number of hydrogen-bond donors (Lipinski definition) is 0. The second kappa shape index (κ2) is 5.58. The largest absolute Gasteiger partial charge is 0.487 e. The Morgan fingerprint density at radius 2 is 2.00 bits per heavy atom. The monoisotopic (exact) mass is 300 g/mol. The molecule has 0 amide bonds. The normalized spacial score (nSPS) is 10.8. The van der Waals surface area contributed by atoms with Crippen molar-refractivity contribution in [1.82, 2.24) is 9.38 Å². The van der Waals surface area contributed by atoms with Gasteiger partial charge in [0.05, 0.1) is 5.69 Å². The molecule has 0 saturated heterocycles. The zero-order valence-corrected chi connectivity index (χ0v) is 12.2. The van der Waals surface area contributed by atoms with E-state index in [1.165, 1.54) is 6.07 Å². The van der Waals surface area contributed by atoms with Crippen LogP contribution in [0, 0.1) is 6.92 Å². The lowest BCUT2D eigenvalue weighted by atomic mass is 10.3. The van der Waals surface area contributed by atoms with Gasteiger partial charge in [0.15, 0.2) is 0 Å². The number of hydrogen-bond acceptors (Lipinski definition) is 3. The van der Waals surface area contributed by atoms with Crippen molar-refractivity contribution in [3.8, 4) is 5.75 Å². The van der Waals surface area contributed by atoms with Crippen molar-refractivity contribution in [2.45, 2.75) is 13.5 Å². The number of nitrogens with zero attached hydrogens (tertiary/aromatic N) is 2. The third kappa shape index (κ3) is 2.90. The number of fused-ring (bicyclic) bond motifs is 1. The van der Waals surface area contributed by atoms with Gasteiger partial charge in [-0.05, 0) is 37.3 Å². The van der Waals surface area contributed by atoms with Gasteiger partial charge >= 0.3 is 0 Å². The maximum Gasteiger partial charge on any atom is 0.258 e. The Hall–Kier alpha value is -2.33. The second-order valence-corrected chi connectivity index (χ2v) is 5.13. The van der Waals surface area contributed by atoms with Crippen molar-refractivity contribution in [2.24, 2.45) is 0 Å². The number of aromatic nitrogens is 2. The number of pyridine rings is 1. The molecule has 0 fully saturated rings. The molecule has 0 radical (unpaired) electrons. The minimum atomic E-state index is -0.109. The highest BCUT2D eigenvalue weighted by Gasteiger charge is 2.05. The fourth-order valence-electron chi connectivity index (χ4n) is 2.15. The number of aryl methyl sites for hydroxylation is 1. The Morgan fingerprint density at radius 1 is 1.19 bits per heavy atom. The maximum atomic E-state index is 12.1. The molecule has 0 bridgehead atoms. The summed E-state index contributed by atoms with van der Waals surface area (Å²) < 4.78 is 7.18. The molecule has 106 valence electrons. The van der Waals surface area contributed by atoms with Crippen LogP contribution in [0.15, 0.2) is 53.3 Å². The van der Waals surface area contributed by atoms with Gasteiger partial charge in [0, 0.05) is 16.8 Å². The first-order valence-electron chi connectivity index (χ1n) is 6.50. The van der Waals surface area contributed by atoms with Crippen LogP contribution in [0.25, 0.3) is 5.65 Å². The van der Waals surface area contributed by atoms with Crippen molar-refractivity contribution < 1.29 is 4.74 Å². The zero-order chi connectivity index (χ0) is 14.8.